The molecule has 1 aromatic rings. The van der Waals surface area contributed by atoms with Crippen LogP contribution in [-0.4, -0.2) is 39.5 Å². The Bertz CT molecular complexity index is 403. The summed E-state index contributed by atoms with van der Waals surface area (Å²) in [4.78, 5) is 12.3. The van der Waals surface area contributed by atoms with Crippen LogP contribution in [0.25, 0.3) is 0 Å². The third-order valence-electron chi connectivity index (χ3n) is 3.12. The highest BCUT2D eigenvalue weighted by atomic mass is 35.5. The van der Waals surface area contributed by atoms with E-state index >= 15 is 0 Å². The fourth-order valence-electron chi connectivity index (χ4n) is 2.20. The van der Waals surface area contributed by atoms with Gasteiger partial charge in [0.25, 0.3) is 0 Å². The second kappa shape index (κ2) is 6.43. The molecule has 1 heterocycles. The van der Waals surface area contributed by atoms with Crippen molar-refractivity contribution in [2.75, 3.05) is 23.9 Å². The van der Waals surface area contributed by atoms with Crippen molar-refractivity contribution >= 4 is 35.3 Å². The van der Waals surface area contributed by atoms with Crippen molar-refractivity contribution in [3.8, 4) is 0 Å². The van der Waals surface area contributed by atoms with Gasteiger partial charge in [0, 0.05) is 18.3 Å². The van der Waals surface area contributed by atoms with Gasteiger partial charge in [-0.25, -0.2) is 0 Å². The van der Waals surface area contributed by atoms with Crippen molar-refractivity contribution < 1.29 is 0 Å². The quantitative estimate of drug-likeness (QED) is 0.888. The van der Waals surface area contributed by atoms with Crippen LogP contribution in [-0.2, 0) is 0 Å². The van der Waals surface area contributed by atoms with Crippen molar-refractivity contribution in [1.82, 2.24) is 15.0 Å². The van der Waals surface area contributed by atoms with Crippen molar-refractivity contribution in [3.05, 3.63) is 5.28 Å². The highest BCUT2D eigenvalue weighted by Gasteiger charge is 2.22. The average molecular weight is 288 g/mol. The predicted molar refractivity (Wildman–Crippen MR) is 77.6 cm³/mol. The number of hydrogen-bond acceptors (Lipinski definition) is 6. The Morgan fingerprint density at radius 2 is 2.00 bits per heavy atom. The second-order valence-electron chi connectivity index (χ2n) is 4.37. The number of thioether (sulfide) groups is 1. The van der Waals surface area contributed by atoms with Crippen LogP contribution in [0.15, 0.2) is 0 Å². The Labute approximate surface area is 117 Å². The first-order valence-electron chi connectivity index (χ1n) is 6.10. The van der Waals surface area contributed by atoms with Crippen LogP contribution < -0.4 is 10.6 Å². The smallest absolute Gasteiger partial charge is 0.229 e. The molecule has 2 rings (SSSR count). The number of halogens is 1. The molecule has 2 N–H and O–H groups in total. The maximum absolute atomic E-state index is 5.86. The molecule has 1 saturated carbocycles. The lowest BCUT2D eigenvalue weighted by Crippen LogP contribution is -2.29. The van der Waals surface area contributed by atoms with Gasteiger partial charge >= 0.3 is 0 Å². The van der Waals surface area contributed by atoms with E-state index in [2.05, 4.69) is 31.8 Å². The zero-order chi connectivity index (χ0) is 13.0. The minimum Gasteiger partial charge on any atom is -0.357 e. The van der Waals surface area contributed by atoms with E-state index in [9.17, 15) is 0 Å². The number of rotatable bonds is 4. The van der Waals surface area contributed by atoms with E-state index in [0.29, 0.717) is 17.9 Å². The maximum atomic E-state index is 5.86. The minimum atomic E-state index is 0.217. The molecule has 0 saturated heterocycles. The summed E-state index contributed by atoms with van der Waals surface area (Å²) in [6.07, 6.45) is 7.04. The molecule has 0 spiro atoms. The number of anilines is 2. The molecular formula is C11H18ClN5S. The fraction of sp³-hybridized carbons (Fsp3) is 0.727. The molecule has 18 heavy (non-hydrogen) atoms. The Morgan fingerprint density at radius 3 is 2.72 bits per heavy atom. The SMILES string of the molecule is CNc1nc(Cl)nc(NC2CCCC(SC)C2)n1. The Hall–Kier alpha value is -0.750. The third-order valence-corrected chi connectivity index (χ3v) is 4.39. The Kier molecular flexibility index (Phi) is 4.88. The number of hydrogen-bond donors (Lipinski definition) is 2. The largest absolute Gasteiger partial charge is 0.357 e. The van der Waals surface area contributed by atoms with Gasteiger partial charge in [-0.1, -0.05) is 6.42 Å². The number of nitrogens with one attached hydrogen (secondary N) is 2. The zero-order valence-corrected chi connectivity index (χ0v) is 12.2. The van der Waals surface area contributed by atoms with Crippen molar-refractivity contribution in [3.63, 3.8) is 0 Å². The Balaban J connectivity index is 2.02. The van der Waals surface area contributed by atoms with Crippen LogP contribution in [0.5, 0.6) is 0 Å². The molecule has 1 aliphatic rings. The van der Waals surface area contributed by atoms with Gasteiger partial charge in [0.2, 0.25) is 17.2 Å². The van der Waals surface area contributed by atoms with Gasteiger partial charge in [0.15, 0.2) is 0 Å². The predicted octanol–water partition coefficient (Wildman–Crippen LogP) is 2.65. The average Bonchev–Trinajstić information content (AvgIpc) is 2.38. The lowest BCUT2D eigenvalue weighted by Gasteiger charge is -2.28. The fourth-order valence-corrected chi connectivity index (χ4v) is 3.19. The molecule has 1 aromatic heterocycles. The van der Waals surface area contributed by atoms with Gasteiger partial charge in [-0.15, -0.1) is 0 Å². The Morgan fingerprint density at radius 1 is 1.22 bits per heavy atom. The highest BCUT2D eigenvalue weighted by molar-refractivity contribution is 7.99. The molecule has 0 aliphatic heterocycles. The van der Waals surface area contributed by atoms with Crippen LogP contribution in [0.2, 0.25) is 5.28 Å². The number of aromatic nitrogens is 3. The van der Waals surface area contributed by atoms with Gasteiger partial charge in [0.05, 0.1) is 0 Å². The van der Waals surface area contributed by atoms with Crippen LogP contribution in [0.4, 0.5) is 11.9 Å². The van der Waals surface area contributed by atoms with Crippen LogP contribution >= 0.6 is 23.4 Å². The normalized spacial score (nSPS) is 23.7. The molecule has 100 valence electrons. The van der Waals surface area contributed by atoms with E-state index in [1.165, 1.54) is 12.8 Å². The van der Waals surface area contributed by atoms with Crippen molar-refractivity contribution in [1.29, 1.82) is 0 Å². The summed E-state index contributed by atoms with van der Waals surface area (Å²) in [6.45, 7) is 0. The lowest BCUT2D eigenvalue weighted by atomic mass is 9.95. The standard InChI is InChI=1S/C11H18ClN5S/c1-13-10-15-9(12)16-11(17-10)14-7-4-3-5-8(6-7)18-2/h7-8H,3-6H2,1-2H3,(H2,13,14,15,16,17). The zero-order valence-electron chi connectivity index (χ0n) is 10.6. The number of nitrogens with zero attached hydrogens (tertiary/aromatic N) is 3. The summed E-state index contributed by atoms with van der Waals surface area (Å²) < 4.78 is 0. The molecule has 1 fully saturated rings. The van der Waals surface area contributed by atoms with Gasteiger partial charge in [0.1, 0.15) is 0 Å². The molecule has 0 radical (unpaired) electrons. The van der Waals surface area contributed by atoms with Gasteiger partial charge in [-0.05, 0) is 37.1 Å². The van der Waals surface area contributed by atoms with Gasteiger partial charge in [-0.3, -0.25) is 0 Å². The van der Waals surface area contributed by atoms with Gasteiger partial charge < -0.3 is 10.6 Å². The lowest BCUT2D eigenvalue weighted by molar-refractivity contribution is 0.471. The molecular weight excluding hydrogens is 270 g/mol. The molecule has 2 atom stereocenters. The van der Waals surface area contributed by atoms with Crippen molar-refractivity contribution in [2.24, 2.45) is 0 Å². The summed E-state index contributed by atoms with van der Waals surface area (Å²) in [5.41, 5.74) is 0. The van der Waals surface area contributed by atoms with E-state index in [-0.39, 0.29) is 5.28 Å². The summed E-state index contributed by atoms with van der Waals surface area (Å²) in [6, 6.07) is 0.430. The third kappa shape index (κ3) is 3.62. The monoisotopic (exact) mass is 287 g/mol. The van der Waals surface area contributed by atoms with E-state index in [0.717, 1.165) is 18.1 Å². The van der Waals surface area contributed by atoms with E-state index in [1.807, 2.05) is 11.8 Å². The summed E-state index contributed by atoms with van der Waals surface area (Å²) >= 11 is 7.80. The molecule has 5 nitrogen and oxygen atoms in total. The van der Waals surface area contributed by atoms with E-state index in [4.69, 9.17) is 11.6 Å². The molecule has 2 unspecified atom stereocenters. The maximum Gasteiger partial charge on any atom is 0.229 e. The van der Waals surface area contributed by atoms with Gasteiger partial charge in [-0.2, -0.15) is 26.7 Å². The van der Waals surface area contributed by atoms with Crippen LogP contribution in [0, 0.1) is 0 Å². The highest BCUT2D eigenvalue weighted by Crippen LogP contribution is 2.28. The first-order valence-corrected chi connectivity index (χ1v) is 7.76. The second-order valence-corrected chi connectivity index (χ2v) is 5.84. The summed E-state index contributed by atoms with van der Waals surface area (Å²) in [5, 5.41) is 7.19. The first kappa shape index (κ1) is 13.7. The molecule has 7 heteroatoms. The van der Waals surface area contributed by atoms with Crippen LogP contribution in [0.3, 0.4) is 0 Å². The van der Waals surface area contributed by atoms with Crippen molar-refractivity contribution in [2.45, 2.75) is 37.0 Å². The molecule has 0 amide bonds. The van der Waals surface area contributed by atoms with E-state index in [1.54, 1.807) is 7.05 Å². The first-order chi connectivity index (χ1) is 8.71. The minimum absolute atomic E-state index is 0.217. The summed E-state index contributed by atoms with van der Waals surface area (Å²) in [5.74, 6) is 1.06. The van der Waals surface area contributed by atoms with Crippen LogP contribution in [0.1, 0.15) is 25.7 Å². The molecule has 1 aliphatic carbocycles. The van der Waals surface area contributed by atoms with E-state index < -0.39 is 0 Å². The molecule has 0 aromatic carbocycles. The molecule has 0 bridgehead atoms. The topological polar surface area (TPSA) is 62.7 Å². The summed E-state index contributed by atoms with van der Waals surface area (Å²) in [7, 11) is 1.76.